The van der Waals surface area contributed by atoms with Crippen molar-refractivity contribution in [2.75, 3.05) is 19.6 Å². The van der Waals surface area contributed by atoms with E-state index in [1.165, 1.54) is 6.42 Å². The predicted octanol–water partition coefficient (Wildman–Crippen LogP) is 2.69. The number of amides is 1. The van der Waals surface area contributed by atoms with Gasteiger partial charge in [-0.3, -0.25) is 4.79 Å². The normalized spacial score (nSPS) is 24.9. The van der Waals surface area contributed by atoms with Crippen LogP contribution in [0.3, 0.4) is 0 Å². The summed E-state index contributed by atoms with van der Waals surface area (Å²) in [5.41, 5.74) is 5.92. The second-order valence-electron chi connectivity index (χ2n) is 7.31. The van der Waals surface area contributed by atoms with Gasteiger partial charge in [0.2, 0.25) is 5.91 Å². The first-order valence-electron chi connectivity index (χ1n) is 8.06. The molecule has 0 bridgehead atoms. The SMILES string of the molecule is CC(C)C[C@H](N)C(=O)NC(C)CN1CC(C)CC(C)C1.Cl.Cl. The van der Waals surface area contributed by atoms with Crippen LogP contribution >= 0.6 is 24.8 Å². The van der Waals surface area contributed by atoms with Crippen LogP contribution in [0.1, 0.15) is 47.5 Å². The molecule has 0 aromatic heterocycles. The number of likely N-dealkylation sites (tertiary alicyclic amines) is 1. The summed E-state index contributed by atoms with van der Waals surface area (Å²) < 4.78 is 0. The van der Waals surface area contributed by atoms with Crippen molar-refractivity contribution < 1.29 is 4.79 Å². The molecule has 1 aliphatic rings. The molecule has 0 saturated carbocycles. The Bertz CT molecular complexity index is 306. The van der Waals surface area contributed by atoms with Crippen molar-refractivity contribution in [2.24, 2.45) is 23.5 Å². The van der Waals surface area contributed by atoms with E-state index in [0.29, 0.717) is 5.92 Å². The highest BCUT2D eigenvalue weighted by atomic mass is 35.5. The van der Waals surface area contributed by atoms with Crippen molar-refractivity contribution >= 4 is 30.7 Å². The number of hydrogen-bond donors (Lipinski definition) is 2. The summed E-state index contributed by atoms with van der Waals surface area (Å²) >= 11 is 0. The highest BCUT2D eigenvalue weighted by molar-refractivity contribution is 5.85. The minimum atomic E-state index is -0.378. The van der Waals surface area contributed by atoms with Gasteiger partial charge in [-0.05, 0) is 37.5 Å². The van der Waals surface area contributed by atoms with Gasteiger partial charge in [-0.25, -0.2) is 0 Å². The molecule has 0 spiro atoms. The number of hydrogen-bond acceptors (Lipinski definition) is 3. The van der Waals surface area contributed by atoms with Crippen molar-refractivity contribution in [3.63, 3.8) is 0 Å². The summed E-state index contributed by atoms with van der Waals surface area (Å²) in [6, 6.07) is -0.213. The summed E-state index contributed by atoms with van der Waals surface area (Å²) in [5, 5.41) is 3.06. The molecule has 4 atom stereocenters. The summed E-state index contributed by atoms with van der Waals surface area (Å²) in [7, 11) is 0. The Morgan fingerprint density at radius 1 is 1.18 bits per heavy atom. The van der Waals surface area contributed by atoms with Crippen molar-refractivity contribution in [2.45, 2.75) is 59.5 Å². The molecule has 1 amide bonds. The molecule has 6 heteroatoms. The summed E-state index contributed by atoms with van der Waals surface area (Å²) in [6.45, 7) is 14.1. The Balaban J connectivity index is 0. The maximum atomic E-state index is 12.0. The number of nitrogens with two attached hydrogens (primary N) is 1. The first-order chi connectivity index (χ1) is 9.27. The number of nitrogens with one attached hydrogen (secondary N) is 1. The Kier molecular flexibility index (Phi) is 12.7. The fourth-order valence-corrected chi connectivity index (χ4v) is 3.34. The second kappa shape index (κ2) is 11.5. The van der Waals surface area contributed by atoms with Gasteiger partial charge < -0.3 is 16.0 Å². The third kappa shape index (κ3) is 9.19. The molecule has 22 heavy (non-hydrogen) atoms. The van der Waals surface area contributed by atoms with Gasteiger partial charge in [0.1, 0.15) is 0 Å². The van der Waals surface area contributed by atoms with E-state index in [1.54, 1.807) is 0 Å². The zero-order chi connectivity index (χ0) is 15.3. The van der Waals surface area contributed by atoms with Crippen LogP contribution in [0.2, 0.25) is 0 Å². The smallest absolute Gasteiger partial charge is 0.237 e. The minimum absolute atomic E-state index is 0. The van der Waals surface area contributed by atoms with Crippen LogP contribution in [0.15, 0.2) is 0 Å². The molecular weight excluding hydrogens is 321 g/mol. The average Bonchev–Trinajstić information content (AvgIpc) is 2.25. The lowest BCUT2D eigenvalue weighted by Crippen LogP contribution is -2.50. The van der Waals surface area contributed by atoms with Crippen molar-refractivity contribution in [3.05, 3.63) is 0 Å². The molecule has 0 aliphatic carbocycles. The topological polar surface area (TPSA) is 58.4 Å². The van der Waals surface area contributed by atoms with E-state index in [0.717, 1.165) is 37.9 Å². The number of nitrogens with zero attached hydrogens (tertiary/aromatic N) is 1. The molecule has 1 rings (SSSR count). The summed E-state index contributed by atoms with van der Waals surface area (Å²) in [4.78, 5) is 14.5. The van der Waals surface area contributed by atoms with Crippen molar-refractivity contribution in [1.82, 2.24) is 10.2 Å². The van der Waals surface area contributed by atoms with Gasteiger partial charge in [-0.15, -0.1) is 24.8 Å². The molecule has 134 valence electrons. The van der Waals surface area contributed by atoms with Gasteiger partial charge >= 0.3 is 0 Å². The lowest BCUT2D eigenvalue weighted by Gasteiger charge is -2.36. The third-order valence-electron chi connectivity index (χ3n) is 3.93. The molecular formula is C16H35Cl2N3O. The molecule has 0 aromatic carbocycles. The lowest BCUT2D eigenvalue weighted by molar-refractivity contribution is -0.123. The number of carbonyl (C=O) groups is 1. The van der Waals surface area contributed by atoms with E-state index >= 15 is 0 Å². The average molecular weight is 356 g/mol. The van der Waals surface area contributed by atoms with Crippen LogP contribution in [0.25, 0.3) is 0 Å². The first-order valence-corrected chi connectivity index (χ1v) is 8.06. The molecule has 1 saturated heterocycles. The molecule has 1 aliphatic heterocycles. The fraction of sp³-hybridized carbons (Fsp3) is 0.938. The molecule has 4 nitrogen and oxygen atoms in total. The van der Waals surface area contributed by atoms with E-state index in [9.17, 15) is 4.79 Å². The summed E-state index contributed by atoms with van der Waals surface area (Å²) in [5.74, 6) is 1.95. The van der Waals surface area contributed by atoms with Crippen LogP contribution in [0.4, 0.5) is 0 Å². The monoisotopic (exact) mass is 355 g/mol. The van der Waals surface area contributed by atoms with E-state index in [1.807, 2.05) is 0 Å². The fourth-order valence-electron chi connectivity index (χ4n) is 3.34. The zero-order valence-electron chi connectivity index (χ0n) is 14.7. The number of carbonyl (C=O) groups excluding carboxylic acids is 1. The second-order valence-corrected chi connectivity index (χ2v) is 7.31. The van der Waals surface area contributed by atoms with Crippen LogP contribution < -0.4 is 11.1 Å². The zero-order valence-corrected chi connectivity index (χ0v) is 16.3. The molecule has 1 fully saturated rings. The van der Waals surface area contributed by atoms with Crippen molar-refractivity contribution in [1.29, 1.82) is 0 Å². The van der Waals surface area contributed by atoms with Gasteiger partial charge in [0, 0.05) is 25.7 Å². The summed E-state index contributed by atoms with van der Waals surface area (Å²) in [6.07, 6.45) is 2.06. The van der Waals surface area contributed by atoms with Gasteiger partial charge in [-0.1, -0.05) is 27.7 Å². The van der Waals surface area contributed by atoms with E-state index in [-0.39, 0.29) is 42.8 Å². The molecule has 0 aromatic rings. The first kappa shape index (κ1) is 24.2. The van der Waals surface area contributed by atoms with Crippen LogP contribution in [-0.4, -0.2) is 42.5 Å². The van der Waals surface area contributed by atoms with Gasteiger partial charge in [-0.2, -0.15) is 0 Å². The Labute approximate surface area is 148 Å². The van der Waals surface area contributed by atoms with E-state index in [4.69, 9.17) is 5.73 Å². The Morgan fingerprint density at radius 3 is 2.14 bits per heavy atom. The number of piperidine rings is 1. The number of halogens is 2. The van der Waals surface area contributed by atoms with Crippen LogP contribution in [0.5, 0.6) is 0 Å². The van der Waals surface area contributed by atoms with Crippen molar-refractivity contribution in [3.8, 4) is 0 Å². The maximum Gasteiger partial charge on any atom is 0.237 e. The van der Waals surface area contributed by atoms with Gasteiger partial charge in [0.05, 0.1) is 6.04 Å². The number of rotatable bonds is 6. The van der Waals surface area contributed by atoms with E-state index < -0.39 is 0 Å². The quantitative estimate of drug-likeness (QED) is 0.769. The highest BCUT2D eigenvalue weighted by Crippen LogP contribution is 2.20. The minimum Gasteiger partial charge on any atom is -0.351 e. The molecule has 3 N–H and O–H groups in total. The maximum absolute atomic E-state index is 12.0. The van der Waals surface area contributed by atoms with E-state index in [2.05, 4.69) is 44.8 Å². The van der Waals surface area contributed by atoms with Crippen LogP contribution in [0, 0.1) is 17.8 Å². The Hall–Kier alpha value is -0.0300. The largest absolute Gasteiger partial charge is 0.351 e. The lowest BCUT2D eigenvalue weighted by atomic mass is 9.91. The molecule has 0 radical (unpaired) electrons. The van der Waals surface area contributed by atoms with Crippen LogP contribution in [-0.2, 0) is 4.79 Å². The third-order valence-corrected chi connectivity index (χ3v) is 3.93. The van der Waals surface area contributed by atoms with Gasteiger partial charge in [0.25, 0.3) is 0 Å². The standard InChI is InChI=1S/C16H33N3O.2ClH/c1-11(2)6-15(17)16(20)18-14(5)10-19-8-12(3)7-13(4)9-19;;/h11-15H,6-10,17H2,1-5H3,(H,18,20);2*1H/t12?,13?,14?,15-;;/m0../s1. The predicted molar refractivity (Wildman–Crippen MR) is 98.9 cm³/mol. The van der Waals surface area contributed by atoms with Gasteiger partial charge in [0.15, 0.2) is 0 Å². The molecule has 1 heterocycles. The molecule has 3 unspecified atom stereocenters. The highest BCUT2D eigenvalue weighted by Gasteiger charge is 2.24. The Morgan fingerprint density at radius 2 is 1.68 bits per heavy atom.